The molecule has 2 aromatic rings. The van der Waals surface area contributed by atoms with Gasteiger partial charge in [-0.15, -0.1) is 0 Å². The number of para-hydroxylation sites is 1. The molecule has 0 spiro atoms. The Balaban J connectivity index is 1.51. The highest BCUT2D eigenvalue weighted by Gasteiger charge is 2.44. The number of H-pyrrole nitrogens is 1. The summed E-state index contributed by atoms with van der Waals surface area (Å²) in [5, 5.41) is 21.1. The van der Waals surface area contributed by atoms with Gasteiger partial charge >= 0.3 is 0 Å². The van der Waals surface area contributed by atoms with Crippen LogP contribution in [0.15, 0.2) is 30.5 Å². The van der Waals surface area contributed by atoms with E-state index < -0.39 is 60.3 Å². The number of hydrogen-bond donors (Lipinski definition) is 5. The zero-order chi connectivity index (χ0) is 44.3. The molecule has 60 heavy (non-hydrogen) atoms. The van der Waals surface area contributed by atoms with E-state index in [1.807, 2.05) is 58.2 Å². The third-order valence-electron chi connectivity index (χ3n) is 12.5. The Morgan fingerprint density at radius 2 is 1.68 bits per heavy atom. The van der Waals surface area contributed by atoms with Crippen LogP contribution in [0.1, 0.15) is 85.6 Å². The molecule has 2 aliphatic heterocycles. The fraction of sp³-hybridized carbons (Fsp3) is 0.705. The summed E-state index contributed by atoms with van der Waals surface area (Å²) in [6.45, 7) is 12.3. The topological polar surface area (TPSA) is 195 Å². The number of aromatic nitrogens is 1. The lowest BCUT2D eigenvalue weighted by Crippen LogP contribution is -2.60. The second-order valence-corrected chi connectivity index (χ2v) is 16.9. The number of hydrogen-bond acceptors (Lipinski definition) is 10. The van der Waals surface area contributed by atoms with Crippen molar-refractivity contribution in [1.29, 1.82) is 0 Å². The van der Waals surface area contributed by atoms with E-state index in [9.17, 15) is 29.1 Å². The first-order chi connectivity index (χ1) is 28.6. The summed E-state index contributed by atoms with van der Waals surface area (Å²) in [5.41, 5.74) is 1.83. The number of fused-ring (bicyclic) bond motifs is 1. The molecule has 0 radical (unpaired) electrons. The first-order valence-corrected chi connectivity index (χ1v) is 21.7. The number of aromatic amines is 1. The highest BCUT2D eigenvalue weighted by molar-refractivity contribution is 5.91. The van der Waals surface area contributed by atoms with Gasteiger partial charge in [0.15, 0.2) is 0 Å². The van der Waals surface area contributed by atoms with Crippen molar-refractivity contribution < 1.29 is 43.4 Å². The molecule has 0 saturated carbocycles. The third-order valence-corrected chi connectivity index (χ3v) is 12.5. The molecule has 0 aliphatic carbocycles. The maximum atomic E-state index is 14.4. The number of methoxy groups -OCH3 is 2. The van der Waals surface area contributed by atoms with Crippen molar-refractivity contribution in [3.8, 4) is 0 Å². The normalized spacial score (nSPS) is 20.4. The van der Waals surface area contributed by atoms with E-state index in [-0.39, 0.29) is 48.3 Å². The minimum absolute atomic E-state index is 0.0315. The molecule has 2 saturated heterocycles. The smallest absolute Gasteiger partial charge is 0.269 e. The molecular formula is C44H71N7O9. The molecule has 0 bridgehead atoms. The van der Waals surface area contributed by atoms with Crippen LogP contribution in [-0.2, 0) is 44.7 Å². The Morgan fingerprint density at radius 1 is 0.967 bits per heavy atom. The summed E-state index contributed by atoms with van der Waals surface area (Å²) < 4.78 is 12.0. The molecule has 3 heterocycles. The molecule has 336 valence electrons. The van der Waals surface area contributed by atoms with E-state index in [0.717, 1.165) is 29.3 Å². The molecule has 10 atom stereocenters. The molecular weight excluding hydrogens is 771 g/mol. The number of ether oxygens (including phenoxy) is 2. The summed E-state index contributed by atoms with van der Waals surface area (Å²) in [5.74, 6) is -2.78. The highest BCUT2D eigenvalue weighted by atomic mass is 16.7. The summed E-state index contributed by atoms with van der Waals surface area (Å²) >= 11 is 0. The molecule has 5 N–H and O–H groups in total. The van der Waals surface area contributed by atoms with Gasteiger partial charge in [-0.3, -0.25) is 28.8 Å². The number of rotatable bonds is 21. The number of likely N-dealkylation sites (N-methyl/N-ethyl adjacent to an activating group) is 2. The lowest BCUT2D eigenvalue weighted by Gasteiger charge is -2.41. The molecule has 5 amide bonds. The van der Waals surface area contributed by atoms with Crippen molar-refractivity contribution in [3.05, 3.63) is 36.0 Å². The minimum atomic E-state index is -0.978. The average Bonchev–Trinajstić information content (AvgIpc) is 3.89. The summed E-state index contributed by atoms with van der Waals surface area (Å²) in [4.78, 5) is 82.1. The fourth-order valence-corrected chi connectivity index (χ4v) is 8.84. The Bertz CT molecular complexity index is 1730. The van der Waals surface area contributed by atoms with Crippen LogP contribution in [0.5, 0.6) is 0 Å². The molecule has 4 rings (SSSR count). The number of amides is 5. The lowest BCUT2D eigenvalue weighted by molar-refractivity contribution is -0.199. The molecule has 1 aromatic heterocycles. The van der Waals surface area contributed by atoms with Gasteiger partial charge in [0.2, 0.25) is 23.6 Å². The van der Waals surface area contributed by atoms with Gasteiger partial charge in [0.25, 0.3) is 5.91 Å². The number of aliphatic hydroxyl groups is 1. The van der Waals surface area contributed by atoms with E-state index >= 15 is 0 Å². The Kier molecular flexibility index (Phi) is 18.3. The summed E-state index contributed by atoms with van der Waals surface area (Å²) in [6, 6.07) is 4.17. The summed E-state index contributed by atoms with van der Waals surface area (Å²) in [7, 11) is 6.31. The van der Waals surface area contributed by atoms with Crippen LogP contribution in [0.3, 0.4) is 0 Å². The Hall–Kier alpha value is -4.09. The van der Waals surface area contributed by atoms with Crippen LogP contribution in [0.2, 0.25) is 0 Å². The average molecular weight is 842 g/mol. The maximum absolute atomic E-state index is 14.4. The number of benzene rings is 1. The van der Waals surface area contributed by atoms with Crippen LogP contribution in [0.25, 0.3) is 10.9 Å². The number of aliphatic hydroxyl groups excluding tert-OH is 1. The molecule has 2 fully saturated rings. The van der Waals surface area contributed by atoms with E-state index in [1.165, 1.54) is 26.2 Å². The maximum Gasteiger partial charge on any atom is 0.269 e. The molecule has 16 heteroatoms. The molecule has 1 aromatic carbocycles. The highest BCUT2D eigenvalue weighted by Crippen LogP contribution is 2.30. The Morgan fingerprint density at radius 3 is 2.28 bits per heavy atom. The number of carbonyl (C=O) groups is 5. The minimum Gasteiger partial charge on any atom is -0.391 e. The van der Waals surface area contributed by atoms with Gasteiger partial charge in [-0.05, 0) is 63.1 Å². The van der Waals surface area contributed by atoms with E-state index in [4.69, 9.17) is 14.3 Å². The second-order valence-electron chi connectivity index (χ2n) is 16.9. The fourth-order valence-electron chi connectivity index (χ4n) is 8.84. The number of likely N-dealkylation sites (tertiary alicyclic amines) is 1. The number of hydroxylamine groups is 2. The van der Waals surface area contributed by atoms with Crippen molar-refractivity contribution in [1.82, 2.24) is 35.8 Å². The molecule has 0 unspecified atom stereocenters. The Labute approximate surface area is 355 Å². The van der Waals surface area contributed by atoms with Crippen molar-refractivity contribution in [2.24, 2.45) is 17.8 Å². The van der Waals surface area contributed by atoms with Gasteiger partial charge in [0.1, 0.15) is 18.1 Å². The SMILES string of the molecule is CC[C@H](C)[C@@H]([C@@H](CC(=O)N1CCC[C@H]1[C@H](OC)[C@@H](C)C(=O)N[C@@H](Cc1c[nH]c2ccccc12)C(=O)N1CCCCO1)OC)N(C)C(=O)[C@@H](NC(=O)[C@@H](NC)[C@@H](C)O)C(C)C. The largest absolute Gasteiger partial charge is 0.391 e. The molecule has 16 nitrogen and oxygen atoms in total. The van der Waals surface area contributed by atoms with Crippen LogP contribution >= 0.6 is 0 Å². The van der Waals surface area contributed by atoms with E-state index in [1.54, 1.807) is 30.8 Å². The predicted molar refractivity (Wildman–Crippen MR) is 228 cm³/mol. The number of nitrogens with zero attached hydrogens (tertiary/aromatic N) is 3. The van der Waals surface area contributed by atoms with E-state index in [0.29, 0.717) is 39.0 Å². The molecule has 2 aliphatic rings. The number of carbonyl (C=O) groups excluding carboxylic acids is 5. The van der Waals surface area contributed by atoms with Gasteiger partial charge in [0, 0.05) is 57.9 Å². The monoisotopic (exact) mass is 842 g/mol. The van der Waals surface area contributed by atoms with Crippen molar-refractivity contribution in [3.63, 3.8) is 0 Å². The number of nitrogens with one attached hydrogen (secondary N) is 4. The van der Waals surface area contributed by atoms with Crippen molar-refractivity contribution in [2.75, 3.05) is 48.0 Å². The first kappa shape index (κ1) is 48.6. The quantitative estimate of drug-likeness (QED) is 0.125. The van der Waals surface area contributed by atoms with Gasteiger partial charge in [0.05, 0.1) is 49.3 Å². The standard InChI is InChI=1S/C44H71N7O9/c1-11-27(4)39(49(8)44(57)37(26(2)3)48-42(55)38(45-7)29(6)52)35(58-9)24-36(53)50-20-16-19-34(50)40(59-10)28(5)41(54)47-33(43(56)51-21-14-15-22-60-51)23-30-25-46-32-18-13-12-17-31(30)32/h12-13,17-18,25-29,33-35,37-40,45-46,52H,11,14-16,19-24H2,1-10H3,(H,47,54)(H,48,55)/t27-,28+,29+,33-,34-,35+,37-,38-,39-,40+/m0/s1. The van der Waals surface area contributed by atoms with Crippen molar-refractivity contribution in [2.45, 2.75) is 135 Å². The predicted octanol–water partition coefficient (Wildman–Crippen LogP) is 2.78. The zero-order valence-corrected chi connectivity index (χ0v) is 37.4. The summed E-state index contributed by atoms with van der Waals surface area (Å²) in [6.07, 6.45) is 3.41. The zero-order valence-electron chi connectivity index (χ0n) is 37.4. The lowest BCUT2D eigenvalue weighted by atomic mass is 9.89. The van der Waals surface area contributed by atoms with Gasteiger partial charge in [-0.1, -0.05) is 59.2 Å². The van der Waals surface area contributed by atoms with E-state index in [2.05, 4.69) is 20.9 Å². The second kappa shape index (κ2) is 22.7. The van der Waals surface area contributed by atoms with Crippen molar-refractivity contribution >= 4 is 40.4 Å². The van der Waals surface area contributed by atoms with Gasteiger partial charge in [-0.2, -0.15) is 0 Å². The van der Waals surface area contributed by atoms with Gasteiger partial charge < -0.3 is 45.3 Å². The third kappa shape index (κ3) is 11.6. The van der Waals surface area contributed by atoms with Crippen LogP contribution in [0.4, 0.5) is 0 Å². The van der Waals surface area contributed by atoms with Crippen LogP contribution in [0, 0.1) is 17.8 Å². The van der Waals surface area contributed by atoms with Crippen LogP contribution in [-0.4, -0.2) is 151 Å². The van der Waals surface area contributed by atoms with Crippen LogP contribution < -0.4 is 16.0 Å². The van der Waals surface area contributed by atoms with Gasteiger partial charge in [-0.25, -0.2) is 5.06 Å². The first-order valence-electron chi connectivity index (χ1n) is 21.7.